The van der Waals surface area contributed by atoms with Crippen LogP contribution in [-0.2, 0) is 4.74 Å². The van der Waals surface area contributed by atoms with Crippen molar-refractivity contribution >= 4 is 11.3 Å². The molecular formula is C30H30FNO. The Morgan fingerprint density at radius 3 is 2.73 bits per heavy atom. The number of hydrogen-bond donors (Lipinski definition) is 1. The summed E-state index contributed by atoms with van der Waals surface area (Å²) in [6, 6.07) is 13.4. The summed E-state index contributed by atoms with van der Waals surface area (Å²) < 4.78 is 19.9. The summed E-state index contributed by atoms with van der Waals surface area (Å²) in [4.78, 5) is 0. The Kier molecular flexibility index (Phi) is 6.84. The zero-order valence-electron chi connectivity index (χ0n) is 19.8. The fourth-order valence-electron chi connectivity index (χ4n) is 4.60. The molecule has 1 N–H and O–H groups in total. The number of para-hydroxylation sites is 1. The van der Waals surface area contributed by atoms with E-state index in [4.69, 9.17) is 4.74 Å². The summed E-state index contributed by atoms with van der Waals surface area (Å²) in [5.74, 6) is 7.27. The molecule has 2 aromatic rings. The van der Waals surface area contributed by atoms with Gasteiger partial charge < -0.3 is 10.1 Å². The lowest BCUT2D eigenvalue weighted by Gasteiger charge is -2.24. The van der Waals surface area contributed by atoms with E-state index < -0.39 is 0 Å². The fraction of sp³-hybridized carbons (Fsp3) is 0.267. The number of rotatable bonds is 6. The Morgan fingerprint density at radius 2 is 1.94 bits per heavy atom. The number of aryl methyl sites for hydroxylation is 1. The van der Waals surface area contributed by atoms with Crippen molar-refractivity contribution < 1.29 is 9.13 Å². The average molecular weight is 440 g/mol. The van der Waals surface area contributed by atoms with Crippen LogP contribution in [0.2, 0.25) is 0 Å². The molecule has 0 heterocycles. The Hall–Kier alpha value is -3.51. The van der Waals surface area contributed by atoms with E-state index >= 15 is 0 Å². The van der Waals surface area contributed by atoms with Crippen LogP contribution in [0.5, 0.6) is 0 Å². The molecule has 0 radical (unpaired) electrons. The van der Waals surface area contributed by atoms with Gasteiger partial charge in [-0.3, -0.25) is 0 Å². The highest BCUT2D eigenvalue weighted by molar-refractivity contribution is 5.80. The van der Waals surface area contributed by atoms with Crippen LogP contribution in [0.4, 0.5) is 10.1 Å². The molecule has 3 heteroatoms. The first kappa shape index (κ1) is 22.7. The lowest BCUT2D eigenvalue weighted by molar-refractivity contribution is 0.286. The molecule has 0 aromatic heterocycles. The van der Waals surface area contributed by atoms with Gasteiger partial charge in [0.05, 0.1) is 7.11 Å². The first-order valence-electron chi connectivity index (χ1n) is 11.5. The number of anilines is 1. The maximum absolute atomic E-state index is 14.1. The number of allylic oxidation sites excluding steroid dienone is 6. The highest BCUT2D eigenvalue weighted by Gasteiger charge is 2.21. The molecule has 168 valence electrons. The van der Waals surface area contributed by atoms with Gasteiger partial charge >= 0.3 is 0 Å². The van der Waals surface area contributed by atoms with Crippen LogP contribution in [0.1, 0.15) is 55.7 Å². The molecule has 0 spiro atoms. The predicted molar refractivity (Wildman–Crippen MR) is 135 cm³/mol. The van der Waals surface area contributed by atoms with Crippen molar-refractivity contribution in [2.75, 3.05) is 12.4 Å². The molecule has 0 amide bonds. The normalized spacial score (nSPS) is 17.8. The molecule has 1 unspecified atom stereocenters. The lowest BCUT2D eigenvalue weighted by atomic mass is 9.84. The Balaban J connectivity index is 1.69. The van der Waals surface area contributed by atoms with E-state index in [-0.39, 0.29) is 5.82 Å². The second-order valence-corrected chi connectivity index (χ2v) is 8.60. The van der Waals surface area contributed by atoms with E-state index in [9.17, 15) is 4.39 Å². The van der Waals surface area contributed by atoms with E-state index in [0.717, 1.165) is 52.3 Å². The van der Waals surface area contributed by atoms with E-state index in [2.05, 4.69) is 73.5 Å². The molecule has 0 saturated heterocycles. The van der Waals surface area contributed by atoms with Gasteiger partial charge in [-0.2, -0.15) is 0 Å². The van der Waals surface area contributed by atoms with Gasteiger partial charge in [0.15, 0.2) is 0 Å². The van der Waals surface area contributed by atoms with E-state index in [0.29, 0.717) is 12.3 Å². The molecule has 1 atom stereocenters. The van der Waals surface area contributed by atoms with E-state index in [1.807, 2.05) is 13.0 Å². The average Bonchev–Trinajstić information content (AvgIpc) is 2.98. The number of hydrogen-bond acceptors (Lipinski definition) is 2. The van der Waals surface area contributed by atoms with E-state index in [1.54, 1.807) is 13.2 Å². The molecule has 2 aliphatic carbocycles. The smallest absolute Gasteiger partial charge is 0.123 e. The molecule has 0 fully saturated rings. The fourth-order valence-corrected chi connectivity index (χ4v) is 4.60. The van der Waals surface area contributed by atoms with Crippen molar-refractivity contribution in [3.63, 3.8) is 0 Å². The lowest BCUT2D eigenvalue weighted by Crippen LogP contribution is -2.10. The second-order valence-electron chi connectivity index (χ2n) is 8.60. The maximum Gasteiger partial charge on any atom is 0.123 e. The Bertz CT molecular complexity index is 1250. The van der Waals surface area contributed by atoms with Gasteiger partial charge in [-0.15, -0.1) is 0 Å². The van der Waals surface area contributed by atoms with E-state index in [1.165, 1.54) is 17.2 Å². The first-order chi connectivity index (χ1) is 16.0. The van der Waals surface area contributed by atoms with Crippen LogP contribution < -0.4 is 5.32 Å². The third-order valence-corrected chi connectivity index (χ3v) is 6.31. The molecular weight excluding hydrogens is 409 g/mol. The minimum Gasteiger partial charge on any atom is -0.500 e. The number of benzene rings is 2. The summed E-state index contributed by atoms with van der Waals surface area (Å²) in [6.07, 6.45) is 8.71. The minimum absolute atomic E-state index is 0.246. The second kappa shape index (κ2) is 9.96. The highest BCUT2D eigenvalue weighted by Crippen LogP contribution is 2.38. The number of methoxy groups -OCH3 is 1. The van der Waals surface area contributed by atoms with Crippen LogP contribution in [0.25, 0.3) is 5.57 Å². The largest absolute Gasteiger partial charge is 0.500 e. The van der Waals surface area contributed by atoms with Crippen molar-refractivity contribution in [3.05, 3.63) is 106 Å². The monoisotopic (exact) mass is 439 g/mol. The molecule has 33 heavy (non-hydrogen) atoms. The minimum atomic E-state index is -0.246. The highest BCUT2D eigenvalue weighted by atomic mass is 19.1. The SMILES string of the molecule is CCC1=CC#CCC1c1ccccc1NC1=CC(C)=CC(c2cc(F)ccc2C)=C(OC)C1. The first-order valence-corrected chi connectivity index (χ1v) is 11.5. The van der Waals surface area contributed by atoms with Gasteiger partial charge in [-0.1, -0.05) is 48.6 Å². The maximum atomic E-state index is 14.1. The van der Waals surface area contributed by atoms with Crippen LogP contribution in [0.15, 0.2) is 83.3 Å². The zero-order valence-corrected chi connectivity index (χ0v) is 19.8. The third kappa shape index (κ3) is 4.96. The summed E-state index contributed by atoms with van der Waals surface area (Å²) >= 11 is 0. The molecule has 4 rings (SSSR count). The summed E-state index contributed by atoms with van der Waals surface area (Å²) in [7, 11) is 1.68. The van der Waals surface area contributed by atoms with Gasteiger partial charge in [0.2, 0.25) is 0 Å². The topological polar surface area (TPSA) is 21.3 Å². The summed E-state index contributed by atoms with van der Waals surface area (Å²) in [5.41, 5.74) is 8.64. The molecule has 0 bridgehead atoms. The number of halogens is 1. The van der Waals surface area contributed by atoms with Gasteiger partial charge in [-0.05, 0) is 79.0 Å². The quantitative estimate of drug-likeness (QED) is 0.466. The Labute approximate surface area is 196 Å². The predicted octanol–water partition coefficient (Wildman–Crippen LogP) is 7.66. The van der Waals surface area contributed by atoms with Crippen LogP contribution in [-0.4, -0.2) is 7.11 Å². The Morgan fingerprint density at radius 1 is 1.12 bits per heavy atom. The number of ether oxygens (including phenoxy) is 1. The molecule has 2 aromatic carbocycles. The third-order valence-electron chi connectivity index (χ3n) is 6.31. The zero-order chi connectivity index (χ0) is 23.4. The standard InChI is InChI=1S/C30H30FNO/c1-5-22-10-6-7-11-25(22)26-12-8-9-13-29(26)32-24-16-20(2)17-28(30(19-24)33-4)27-18-23(31)15-14-21(27)3/h8-10,12-18,25,32H,5,11,19H2,1-4H3. The summed E-state index contributed by atoms with van der Waals surface area (Å²) in [6.45, 7) is 6.25. The van der Waals surface area contributed by atoms with Crippen LogP contribution in [0.3, 0.4) is 0 Å². The van der Waals surface area contributed by atoms with Gasteiger partial charge in [0.1, 0.15) is 11.6 Å². The van der Waals surface area contributed by atoms with Gasteiger partial charge in [0, 0.05) is 35.7 Å². The van der Waals surface area contributed by atoms with Crippen molar-refractivity contribution in [1.82, 2.24) is 0 Å². The summed E-state index contributed by atoms with van der Waals surface area (Å²) in [5, 5.41) is 3.68. The van der Waals surface area contributed by atoms with Crippen LogP contribution in [0, 0.1) is 24.6 Å². The van der Waals surface area contributed by atoms with Crippen molar-refractivity contribution in [3.8, 4) is 11.8 Å². The van der Waals surface area contributed by atoms with Crippen molar-refractivity contribution in [1.29, 1.82) is 0 Å². The van der Waals surface area contributed by atoms with Crippen molar-refractivity contribution in [2.24, 2.45) is 0 Å². The van der Waals surface area contributed by atoms with Gasteiger partial charge in [-0.25, -0.2) is 4.39 Å². The van der Waals surface area contributed by atoms with Gasteiger partial charge in [0.25, 0.3) is 0 Å². The molecule has 2 aliphatic rings. The molecule has 0 aliphatic heterocycles. The number of nitrogens with one attached hydrogen (secondary N) is 1. The molecule has 0 saturated carbocycles. The molecule has 2 nitrogen and oxygen atoms in total. The van der Waals surface area contributed by atoms with Crippen molar-refractivity contribution in [2.45, 2.75) is 46.0 Å². The van der Waals surface area contributed by atoms with Crippen LogP contribution >= 0.6 is 0 Å².